The molecule has 0 radical (unpaired) electrons. The lowest BCUT2D eigenvalue weighted by molar-refractivity contribution is 0.0948. The van der Waals surface area contributed by atoms with E-state index in [0.717, 1.165) is 33.4 Å². The lowest BCUT2D eigenvalue weighted by Crippen LogP contribution is -2.26. The van der Waals surface area contributed by atoms with E-state index in [-0.39, 0.29) is 12.5 Å². The summed E-state index contributed by atoms with van der Waals surface area (Å²) in [5.74, 6) is 2.18. The van der Waals surface area contributed by atoms with Gasteiger partial charge in [-0.25, -0.2) is 0 Å². The molecule has 176 valence electrons. The maximum atomic E-state index is 13.1. The summed E-state index contributed by atoms with van der Waals surface area (Å²) in [6.07, 6.45) is 1.63. The molecule has 6 nitrogen and oxygen atoms in total. The average Bonchev–Trinajstić information content (AvgIpc) is 3.40. The van der Waals surface area contributed by atoms with Gasteiger partial charge in [0.25, 0.3) is 5.91 Å². The van der Waals surface area contributed by atoms with Crippen LogP contribution in [0.5, 0.6) is 0 Å². The molecule has 1 amide bonds. The summed E-state index contributed by atoms with van der Waals surface area (Å²) in [4.78, 5) is 13.1. The summed E-state index contributed by atoms with van der Waals surface area (Å²) < 4.78 is 7.66. The SMILES string of the molecule is Cc1occ(-c2ccccc2)c1C(=O)NCc1nnc(SCc2ccccc2Cl)n1CC(C)C. The number of carbonyl (C=O) groups is 1. The molecule has 1 N–H and O–H groups in total. The Bertz CT molecular complexity index is 1270. The zero-order valence-electron chi connectivity index (χ0n) is 19.4. The maximum Gasteiger partial charge on any atom is 0.255 e. The molecular weight excluding hydrogens is 468 g/mol. The van der Waals surface area contributed by atoms with Gasteiger partial charge < -0.3 is 14.3 Å². The zero-order valence-corrected chi connectivity index (χ0v) is 21.0. The number of hydrogen-bond donors (Lipinski definition) is 1. The molecule has 0 aliphatic rings. The molecule has 0 atom stereocenters. The van der Waals surface area contributed by atoms with Gasteiger partial charge in [-0.2, -0.15) is 0 Å². The molecule has 0 saturated heterocycles. The first kappa shape index (κ1) is 24.1. The molecule has 0 aliphatic heterocycles. The van der Waals surface area contributed by atoms with Crippen molar-refractivity contribution in [2.24, 2.45) is 5.92 Å². The molecule has 4 rings (SSSR count). The van der Waals surface area contributed by atoms with E-state index < -0.39 is 0 Å². The Kier molecular flexibility index (Phi) is 7.75. The number of rotatable bonds is 9. The molecule has 0 saturated carbocycles. The molecule has 2 heterocycles. The summed E-state index contributed by atoms with van der Waals surface area (Å²) in [5.41, 5.74) is 3.29. The minimum absolute atomic E-state index is 0.200. The van der Waals surface area contributed by atoms with Crippen LogP contribution < -0.4 is 5.32 Å². The second-order valence-electron chi connectivity index (χ2n) is 8.41. The van der Waals surface area contributed by atoms with E-state index >= 15 is 0 Å². The first-order valence-corrected chi connectivity index (χ1v) is 12.5. The molecular formula is C26H27ClN4O2S. The maximum absolute atomic E-state index is 13.1. The summed E-state index contributed by atoms with van der Waals surface area (Å²) in [7, 11) is 0. The lowest BCUT2D eigenvalue weighted by atomic mass is 10.0. The minimum Gasteiger partial charge on any atom is -0.468 e. The average molecular weight is 495 g/mol. The van der Waals surface area contributed by atoms with Crippen LogP contribution >= 0.6 is 23.4 Å². The highest BCUT2D eigenvalue weighted by Gasteiger charge is 2.21. The Hall–Kier alpha value is -3.03. The van der Waals surface area contributed by atoms with Crippen LogP contribution in [0, 0.1) is 12.8 Å². The van der Waals surface area contributed by atoms with Gasteiger partial charge in [0.1, 0.15) is 5.76 Å². The van der Waals surface area contributed by atoms with E-state index in [1.165, 1.54) is 0 Å². The number of carbonyl (C=O) groups excluding carboxylic acids is 1. The third-order valence-corrected chi connectivity index (χ3v) is 6.73. The minimum atomic E-state index is -0.200. The summed E-state index contributed by atoms with van der Waals surface area (Å²) >= 11 is 7.90. The van der Waals surface area contributed by atoms with E-state index in [9.17, 15) is 4.79 Å². The van der Waals surface area contributed by atoms with Crippen molar-refractivity contribution < 1.29 is 9.21 Å². The Morgan fingerprint density at radius 3 is 2.59 bits per heavy atom. The highest BCUT2D eigenvalue weighted by molar-refractivity contribution is 7.98. The van der Waals surface area contributed by atoms with E-state index in [0.29, 0.717) is 28.8 Å². The summed E-state index contributed by atoms with van der Waals surface area (Å²) in [6.45, 7) is 7.11. The van der Waals surface area contributed by atoms with Crippen molar-refractivity contribution in [2.45, 2.75) is 44.8 Å². The van der Waals surface area contributed by atoms with Gasteiger partial charge in [0.2, 0.25) is 0 Å². The zero-order chi connectivity index (χ0) is 24.1. The van der Waals surface area contributed by atoms with Crippen molar-refractivity contribution in [3.05, 3.63) is 88.6 Å². The largest absolute Gasteiger partial charge is 0.468 e. The fourth-order valence-corrected chi connectivity index (χ4v) is 4.93. The number of furan rings is 1. The first-order valence-electron chi connectivity index (χ1n) is 11.1. The molecule has 0 spiro atoms. The topological polar surface area (TPSA) is 73.0 Å². The molecule has 0 bridgehead atoms. The number of aryl methyl sites for hydroxylation is 1. The van der Waals surface area contributed by atoms with Crippen molar-refractivity contribution in [2.75, 3.05) is 0 Å². The van der Waals surface area contributed by atoms with Crippen LogP contribution in [0.25, 0.3) is 11.1 Å². The fraction of sp³-hybridized carbons (Fsp3) is 0.269. The smallest absolute Gasteiger partial charge is 0.255 e. The molecule has 2 aromatic heterocycles. The van der Waals surface area contributed by atoms with Crippen LogP contribution in [-0.2, 0) is 18.8 Å². The lowest BCUT2D eigenvalue weighted by Gasteiger charge is -2.13. The monoisotopic (exact) mass is 494 g/mol. The van der Waals surface area contributed by atoms with Crippen LogP contribution in [0.2, 0.25) is 5.02 Å². The highest BCUT2D eigenvalue weighted by Crippen LogP contribution is 2.29. The van der Waals surface area contributed by atoms with Gasteiger partial charge in [-0.3, -0.25) is 4.79 Å². The first-order chi connectivity index (χ1) is 16.4. The molecule has 4 aromatic rings. The second kappa shape index (κ2) is 10.9. The third-order valence-electron chi connectivity index (χ3n) is 5.35. The summed E-state index contributed by atoms with van der Waals surface area (Å²) in [5, 5.41) is 13.3. The normalized spacial score (nSPS) is 11.2. The summed E-state index contributed by atoms with van der Waals surface area (Å²) in [6, 6.07) is 17.5. The second-order valence-corrected chi connectivity index (χ2v) is 9.76. The number of halogens is 1. The number of thioether (sulfide) groups is 1. The highest BCUT2D eigenvalue weighted by atomic mass is 35.5. The number of amides is 1. The number of aromatic nitrogens is 3. The van der Waals surface area contributed by atoms with Crippen LogP contribution in [0.4, 0.5) is 0 Å². The molecule has 34 heavy (non-hydrogen) atoms. The molecule has 2 aromatic carbocycles. The molecule has 0 aliphatic carbocycles. The number of benzene rings is 2. The van der Waals surface area contributed by atoms with Crippen molar-refractivity contribution in [1.29, 1.82) is 0 Å². The Morgan fingerprint density at radius 2 is 1.85 bits per heavy atom. The van der Waals surface area contributed by atoms with Gasteiger partial charge in [-0.1, -0.05) is 85.7 Å². The van der Waals surface area contributed by atoms with Gasteiger partial charge in [0, 0.05) is 22.9 Å². The fourth-order valence-electron chi connectivity index (χ4n) is 3.68. The van der Waals surface area contributed by atoms with E-state index in [1.807, 2.05) is 54.6 Å². The van der Waals surface area contributed by atoms with Crippen molar-refractivity contribution in [3.63, 3.8) is 0 Å². The predicted molar refractivity (Wildman–Crippen MR) is 136 cm³/mol. The van der Waals surface area contributed by atoms with Gasteiger partial charge in [0.15, 0.2) is 11.0 Å². The van der Waals surface area contributed by atoms with E-state index in [1.54, 1.807) is 24.9 Å². The van der Waals surface area contributed by atoms with Gasteiger partial charge in [-0.05, 0) is 30.0 Å². The third kappa shape index (κ3) is 5.54. The van der Waals surface area contributed by atoms with Gasteiger partial charge in [0.05, 0.1) is 18.4 Å². The van der Waals surface area contributed by atoms with Crippen molar-refractivity contribution >= 4 is 29.3 Å². The van der Waals surface area contributed by atoms with E-state index in [2.05, 4.69) is 33.9 Å². The number of hydrogen-bond acceptors (Lipinski definition) is 5. The van der Waals surface area contributed by atoms with Gasteiger partial charge in [-0.15, -0.1) is 10.2 Å². The van der Waals surface area contributed by atoms with Crippen LogP contribution in [0.15, 0.2) is 70.4 Å². The van der Waals surface area contributed by atoms with Crippen LogP contribution in [0.1, 0.15) is 41.4 Å². The molecule has 8 heteroatoms. The number of nitrogens with zero attached hydrogens (tertiary/aromatic N) is 3. The standard InChI is InChI=1S/C26H27ClN4O2S/c1-17(2)14-31-23(29-30-26(31)34-16-20-11-7-8-12-22(20)27)13-28-25(32)24-18(3)33-15-21(24)19-9-5-4-6-10-19/h4-12,15,17H,13-14,16H2,1-3H3,(H,28,32). The molecule has 0 fully saturated rings. The van der Waals surface area contributed by atoms with E-state index in [4.69, 9.17) is 16.0 Å². The predicted octanol–water partition coefficient (Wildman–Crippen LogP) is 6.38. The molecule has 0 unspecified atom stereocenters. The Labute approximate surface area is 208 Å². The van der Waals surface area contributed by atoms with Crippen molar-refractivity contribution in [1.82, 2.24) is 20.1 Å². The van der Waals surface area contributed by atoms with Crippen LogP contribution in [0.3, 0.4) is 0 Å². The Balaban J connectivity index is 1.50. The van der Waals surface area contributed by atoms with Crippen LogP contribution in [-0.4, -0.2) is 20.7 Å². The quantitative estimate of drug-likeness (QED) is 0.273. The number of nitrogens with one attached hydrogen (secondary N) is 1. The van der Waals surface area contributed by atoms with Crippen molar-refractivity contribution in [3.8, 4) is 11.1 Å². The Morgan fingerprint density at radius 1 is 1.12 bits per heavy atom. The van der Waals surface area contributed by atoms with Gasteiger partial charge >= 0.3 is 0 Å².